The van der Waals surface area contributed by atoms with E-state index in [1.54, 1.807) is 32.8 Å². The van der Waals surface area contributed by atoms with E-state index >= 15 is 0 Å². The fourth-order valence-electron chi connectivity index (χ4n) is 8.67. The lowest BCUT2D eigenvalue weighted by atomic mass is 9.84. The van der Waals surface area contributed by atoms with Crippen molar-refractivity contribution in [3.05, 3.63) is 88.0 Å². The first-order valence-electron chi connectivity index (χ1n) is 23.5. The van der Waals surface area contributed by atoms with Crippen LogP contribution in [-0.2, 0) is 54.5 Å². The van der Waals surface area contributed by atoms with Crippen LogP contribution in [0, 0.1) is 5.41 Å². The molecule has 0 spiro atoms. The molecule has 0 saturated carbocycles. The normalized spacial score (nSPS) is 16.6. The Morgan fingerprint density at radius 1 is 1.01 bits per heavy atom. The number of hydrogen-bond acceptors (Lipinski definition) is 14. The van der Waals surface area contributed by atoms with Gasteiger partial charge in [-0.05, 0) is 83.2 Å². The molecule has 1 unspecified atom stereocenters. The number of aryl methyl sites for hydroxylation is 1. The van der Waals surface area contributed by atoms with Gasteiger partial charge in [0, 0.05) is 85.6 Å². The number of thiazole rings is 1. The van der Waals surface area contributed by atoms with Crippen molar-refractivity contribution in [3.8, 4) is 22.5 Å². The fraction of sp³-hybridized carbons (Fsp3) is 0.490. The number of rotatable bonds is 17. The van der Waals surface area contributed by atoms with Crippen LogP contribution in [0.3, 0.4) is 0 Å². The summed E-state index contributed by atoms with van der Waals surface area (Å²) in [6.07, 6.45) is 3.60. The number of hydrazine groups is 1. The highest BCUT2D eigenvalue weighted by atomic mass is 32.1. The van der Waals surface area contributed by atoms with Crippen LogP contribution in [0.5, 0.6) is 0 Å². The van der Waals surface area contributed by atoms with Gasteiger partial charge in [0.05, 0.1) is 52.7 Å². The summed E-state index contributed by atoms with van der Waals surface area (Å²) in [7, 11) is 1.68. The number of esters is 1. The highest BCUT2D eigenvalue weighted by molar-refractivity contribution is 7.10. The van der Waals surface area contributed by atoms with Crippen molar-refractivity contribution in [2.75, 3.05) is 51.3 Å². The summed E-state index contributed by atoms with van der Waals surface area (Å²) in [4.78, 5) is 65.0. The van der Waals surface area contributed by atoms with Crippen molar-refractivity contribution in [2.24, 2.45) is 5.41 Å². The molecule has 5 heterocycles. The van der Waals surface area contributed by atoms with E-state index in [1.165, 1.54) is 11.3 Å². The number of alkyl carbamates (subject to hydrolysis) is 1. The molecular formula is C51H66N8O8S. The molecule has 5 aromatic rings. The molecule has 0 radical (unpaired) electrons. The summed E-state index contributed by atoms with van der Waals surface area (Å²) in [5.74, 6) is -0.279. The van der Waals surface area contributed by atoms with Crippen LogP contribution in [0.1, 0.15) is 89.2 Å². The number of nitrogens with one attached hydrogen (secondary N) is 3. The van der Waals surface area contributed by atoms with Crippen LogP contribution < -0.4 is 21.1 Å². The molecular weight excluding hydrogens is 885 g/mol. The van der Waals surface area contributed by atoms with E-state index in [9.17, 15) is 19.2 Å². The number of amides is 2. The van der Waals surface area contributed by atoms with E-state index < -0.39 is 29.2 Å². The molecule has 3 atom stereocenters. The van der Waals surface area contributed by atoms with Gasteiger partial charge in [0.15, 0.2) is 0 Å². The molecule has 2 aromatic carbocycles. The molecule has 68 heavy (non-hydrogen) atoms. The number of carbonyl (C=O) groups is 4. The molecule has 2 aliphatic rings. The first-order chi connectivity index (χ1) is 32.6. The minimum atomic E-state index is -0.807. The Labute approximate surface area is 403 Å². The van der Waals surface area contributed by atoms with Gasteiger partial charge in [-0.3, -0.25) is 15.2 Å². The zero-order chi connectivity index (χ0) is 48.6. The molecule has 3 N–H and O–H groups in total. The van der Waals surface area contributed by atoms with Crippen LogP contribution in [0.15, 0.2) is 66.2 Å². The van der Waals surface area contributed by atoms with E-state index in [1.807, 2.05) is 48.8 Å². The number of anilines is 1. The van der Waals surface area contributed by atoms with E-state index in [0.29, 0.717) is 56.9 Å². The van der Waals surface area contributed by atoms with Crippen molar-refractivity contribution >= 4 is 52.4 Å². The maximum atomic E-state index is 13.3. The third-order valence-electron chi connectivity index (χ3n) is 12.2. The maximum absolute atomic E-state index is 13.3. The third kappa shape index (κ3) is 12.4. The zero-order valence-electron chi connectivity index (χ0n) is 40.6. The molecule has 2 aliphatic heterocycles. The Kier molecular flexibility index (Phi) is 16.2. The summed E-state index contributed by atoms with van der Waals surface area (Å²) in [6.45, 7) is 17.7. The second-order valence-corrected chi connectivity index (χ2v) is 20.2. The number of hydrogen-bond donors (Lipinski definition) is 3. The molecule has 0 bridgehead atoms. The quantitative estimate of drug-likeness (QED) is 0.0464. The summed E-state index contributed by atoms with van der Waals surface area (Å²) in [6, 6.07) is 17.0. The average Bonchev–Trinajstić information content (AvgIpc) is 3.93. The summed E-state index contributed by atoms with van der Waals surface area (Å²) in [5.41, 5.74) is 13.2. The molecule has 364 valence electrons. The van der Waals surface area contributed by atoms with Gasteiger partial charge in [-0.2, -0.15) is 0 Å². The van der Waals surface area contributed by atoms with Gasteiger partial charge in [0.1, 0.15) is 24.5 Å². The number of fused-ring (bicyclic) bond motifs is 1. The maximum Gasteiger partial charge on any atom is 0.410 e. The monoisotopic (exact) mass is 950 g/mol. The smallest absolute Gasteiger partial charge is 0.410 e. The van der Waals surface area contributed by atoms with Crippen LogP contribution in [0.2, 0.25) is 0 Å². The second-order valence-electron chi connectivity index (χ2n) is 19.3. The topological polar surface area (TPSA) is 178 Å². The van der Waals surface area contributed by atoms with Gasteiger partial charge in [-0.15, -0.1) is 11.3 Å². The van der Waals surface area contributed by atoms with E-state index in [-0.39, 0.29) is 37.8 Å². The molecule has 0 aliphatic carbocycles. The number of pyridine rings is 1. The predicted molar refractivity (Wildman–Crippen MR) is 263 cm³/mol. The van der Waals surface area contributed by atoms with Crippen molar-refractivity contribution < 1.29 is 38.1 Å². The fourth-order valence-corrected chi connectivity index (χ4v) is 9.54. The number of aromatic nitrogens is 3. The van der Waals surface area contributed by atoms with Crippen LogP contribution >= 0.6 is 11.3 Å². The van der Waals surface area contributed by atoms with Gasteiger partial charge in [0.25, 0.3) is 0 Å². The SMILES string of the molecule is CCn1c(-c2cc(N3CCN(C(=O)OCc4ccccc4)CC3)cnc2[C@H](C)OC)c(CC(C)(C)COC(=O)C2CCCNN2)c2cc(-c3csc(C[C@@H](C=O)NC(=O)OC(C)(C)C)n3)ccc21. The number of ether oxygens (including phenoxy) is 4. The van der Waals surface area contributed by atoms with Crippen LogP contribution in [0.4, 0.5) is 15.3 Å². The van der Waals surface area contributed by atoms with Gasteiger partial charge >= 0.3 is 18.2 Å². The van der Waals surface area contributed by atoms with Crippen LogP contribution in [-0.4, -0.2) is 108 Å². The highest BCUT2D eigenvalue weighted by Crippen LogP contribution is 2.43. The Morgan fingerprint density at radius 2 is 1.78 bits per heavy atom. The number of piperazine rings is 1. The second kappa shape index (κ2) is 22.0. The third-order valence-corrected chi connectivity index (χ3v) is 13.1. The Bertz CT molecular complexity index is 2540. The van der Waals surface area contributed by atoms with Crippen molar-refractivity contribution in [2.45, 2.75) is 111 Å². The Balaban J connectivity index is 1.23. The van der Waals surface area contributed by atoms with Crippen molar-refractivity contribution in [3.63, 3.8) is 0 Å². The lowest BCUT2D eigenvalue weighted by molar-refractivity contribution is -0.150. The number of methoxy groups -OCH3 is 1. The van der Waals surface area contributed by atoms with Crippen LogP contribution in [0.25, 0.3) is 33.4 Å². The summed E-state index contributed by atoms with van der Waals surface area (Å²) < 4.78 is 25.4. The largest absolute Gasteiger partial charge is 0.464 e. The minimum absolute atomic E-state index is 0.199. The molecule has 3 aromatic heterocycles. The van der Waals surface area contributed by atoms with Crippen molar-refractivity contribution in [1.29, 1.82) is 0 Å². The zero-order valence-corrected chi connectivity index (χ0v) is 41.4. The van der Waals surface area contributed by atoms with E-state index in [4.69, 9.17) is 28.9 Å². The number of aldehydes is 1. The molecule has 2 fully saturated rings. The average molecular weight is 951 g/mol. The molecule has 2 saturated heterocycles. The van der Waals surface area contributed by atoms with Gasteiger partial charge < -0.3 is 43.4 Å². The standard InChI is InChI=1S/C51H66N8O8S/c1-9-59-43-18-17-35(42-31-68-44(55-42)25-36(29-60)54-48(62)67-50(3,4)5)24-38(43)40(27-51(6,7)32-66-47(61)41-16-13-19-53-56-41)46(59)39-26-37(28-52-45(39)33(2)64-8)57-20-22-58(23-21-57)49(63)65-30-34-14-11-10-12-15-34/h10-12,14-15,17-18,24,26,28-29,31,33,36,41,53,56H,9,13,16,19-23,25,27,30,32H2,1-8H3,(H,54,62)/t33-,36-,41?/m0/s1. The predicted octanol–water partition coefficient (Wildman–Crippen LogP) is 8.02. The number of carbonyl (C=O) groups excluding carboxylic acids is 4. The Hall–Kier alpha value is -5.88. The first-order valence-corrected chi connectivity index (χ1v) is 24.4. The van der Waals surface area contributed by atoms with E-state index in [2.05, 4.69) is 70.7 Å². The molecule has 2 amide bonds. The molecule has 16 nitrogen and oxygen atoms in total. The highest BCUT2D eigenvalue weighted by Gasteiger charge is 2.32. The minimum Gasteiger partial charge on any atom is -0.464 e. The molecule has 17 heteroatoms. The Morgan fingerprint density at radius 3 is 2.46 bits per heavy atom. The first kappa shape index (κ1) is 50.0. The van der Waals surface area contributed by atoms with Gasteiger partial charge in [-0.25, -0.2) is 20.0 Å². The number of benzene rings is 2. The lowest BCUT2D eigenvalue weighted by Gasteiger charge is -2.35. The lowest BCUT2D eigenvalue weighted by Crippen LogP contribution is -2.50. The number of nitrogens with zero attached hydrogens (tertiary/aromatic N) is 5. The van der Waals surface area contributed by atoms with E-state index in [0.717, 1.165) is 68.9 Å². The summed E-state index contributed by atoms with van der Waals surface area (Å²) in [5, 5.41) is 6.34. The van der Waals surface area contributed by atoms with Gasteiger partial charge in [-0.1, -0.05) is 50.2 Å². The van der Waals surface area contributed by atoms with Gasteiger partial charge in [0.2, 0.25) is 0 Å². The van der Waals surface area contributed by atoms with Crippen molar-refractivity contribution in [1.82, 2.24) is 35.6 Å². The molecule has 7 rings (SSSR count). The summed E-state index contributed by atoms with van der Waals surface area (Å²) >= 11 is 1.42.